The molecule has 0 spiro atoms. The minimum absolute atomic E-state index is 0.0320. The molecule has 1 N–H and O–H groups in total. The lowest BCUT2D eigenvalue weighted by Gasteiger charge is -2.35. The highest BCUT2D eigenvalue weighted by atomic mass is 32.1. The Balaban J connectivity index is 1.87. The normalized spacial score (nSPS) is 17.8. The van der Waals surface area contributed by atoms with Gasteiger partial charge in [-0.15, -0.1) is 10.2 Å². The number of nitrogens with one attached hydrogen (secondary N) is 1. The zero-order chi connectivity index (χ0) is 17.1. The van der Waals surface area contributed by atoms with Crippen LogP contribution in [0.5, 0.6) is 0 Å². The zero-order valence-corrected chi connectivity index (χ0v) is 15.1. The number of amides is 1. The fraction of sp³-hybridized carbons (Fsp3) is 0.562. The number of aryl methyl sites for hydroxylation is 2. The van der Waals surface area contributed by atoms with Gasteiger partial charge in [-0.3, -0.25) is 4.79 Å². The third-order valence-electron chi connectivity index (χ3n) is 4.09. The largest absolute Gasteiger partial charge is 0.334 e. The number of hydrogen-bond donors (Lipinski definition) is 1. The highest BCUT2D eigenvalue weighted by Gasteiger charge is 2.28. The SMILES string of the molecule is CCC(=O)N1CCCC[C@@H]1c1cc(Nc2nnc(C)s2)nc(C)n1. The van der Waals surface area contributed by atoms with Crippen LogP contribution in [0, 0.1) is 13.8 Å². The van der Waals surface area contributed by atoms with Crippen LogP contribution in [-0.2, 0) is 4.79 Å². The van der Waals surface area contributed by atoms with Crippen molar-refractivity contribution >= 4 is 28.2 Å². The van der Waals surface area contributed by atoms with Gasteiger partial charge in [0.15, 0.2) is 0 Å². The molecule has 2 aromatic heterocycles. The quantitative estimate of drug-likeness (QED) is 0.915. The van der Waals surface area contributed by atoms with Gasteiger partial charge in [-0.1, -0.05) is 18.3 Å². The van der Waals surface area contributed by atoms with E-state index in [1.807, 2.05) is 31.7 Å². The van der Waals surface area contributed by atoms with E-state index in [1.54, 1.807) is 0 Å². The van der Waals surface area contributed by atoms with Gasteiger partial charge in [0.2, 0.25) is 11.0 Å². The molecule has 0 saturated carbocycles. The molecular weight excluding hydrogens is 324 g/mol. The van der Waals surface area contributed by atoms with Gasteiger partial charge in [0, 0.05) is 19.0 Å². The first-order chi connectivity index (χ1) is 11.6. The Morgan fingerprint density at radius 3 is 2.88 bits per heavy atom. The number of aromatic nitrogens is 4. The maximum atomic E-state index is 12.3. The lowest BCUT2D eigenvalue weighted by molar-refractivity contribution is -0.134. The summed E-state index contributed by atoms with van der Waals surface area (Å²) in [5.41, 5.74) is 0.896. The summed E-state index contributed by atoms with van der Waals surface area (Å²) in [5.74, 6) is 1.57. The van der Waals surface area contributed by atoms with Crippen LogP contribution in [0.15, 0.2) is 6.07 Å². The molecule has 0 radical (unpaired) electrons. The first kappa shape index (κ1) is 16.8. The van der Waals surface area contributed by atoms with Crippen LogP contribution < -0.4 is 5.32 Å². The number of carbonyl (C=O) groups excluding carboxylic acids is 1. The molecule has 1 amide bonds. The molecule has 1 aliphatic rings. The Bertz CT molecular complexity index is 731. The van der Waals surface area contributed by atoms with E-state index in [1.165, 1.54) is 11.3 Å². The van der Waals surface area contributed by atoms with Crippen LogP contribution in [0.1, 0.15) is 55.2 Å². The first-order valence-electron chi connectivity index (χ1n) is 8.29. The third-order valence-corrected chi connectivity index (χ3v) is 4.84. The standard InChI is InChI=1S/C16H22N6OS/c1-4-15(23)22-8-6-5-7-13(22)12-9-14(18-10(2)17-12)19-16-21-20-11(3)24-16/h9,13H,4-8H2,1-3H3,(H,17,18,19,21)/t13-/m1/s1. The number of carbonyl (C=O) groups is 1. The number of hydrogen-bond acceptors (Lipinski definition) is 7. The van der Waals surface area contributed by atoms with Crippen molar-refractivity contribution in [2.45, 2.75) is 52.5 Å². The fourth-order valence-corrected chi connectivity index (χ4v) is 3.62. The van der Waals surface area contributed by atoms with E-state index in [0.29, 0.717) is 23.2 Å². The second kappa shape index (κ2) is 7.21. The summed E-state index contributed by atoms with van der Waals surface area (Å²) >= 11 is 1.48. The minimum atomic E-state index is 0.0320. The molecule has 1 fully saturated rings. The molecule has 0 bridgehead atoms. The van der Waals surface area contributed by atoms with E-state index in [2.05, 4.69) is 25.5 Å². The highest BCUT2D eigenvalue weighted by Crippen LogP contribution is 2.31. The van der Waals surface area contributed by atoms with Crippen molar-refractivity contribution < 1.29 is 4.79 Å². The molecular formula is C16H22N6OS. The average Bonchev–Trinajstić information content (AvgIpc) is 2.98. The van der Waals surface area contributed by atoms with Gasteiger partial charge in [0.25, 0.3) is 0 Å². The van der Waals surface area contributed by atoms with Gasteiger partial charge in [-0.25, -0.2) is 9.97 Å². The Morgan fingerprint density at radius 1 is 1.33 bits per heavy atom. The summed E-state index contributed by atoms with van der Waals surface area (Å²) in [5, 5.41) is 12.9. The topological polar surface area (TPSA) is 83.9 Å². The second-order valence-electron chi connectivity index (χ2n) is 5.93. The van der Waals surface area contributed by atoms with Crippen molar-refractivity contribution in [2.24, 2.45) is 0 Å². The van der Waals surface area contributed by atoms with E-state index < -0.39 is 0 Å². The second-order valence-corrected chi connectivity index (χ2v) is 7.11. The van der Waals surface area contributed by atoms with Gasteiger partial charge in [-0.2, -0.15) is 0 Å². The van der Waals surface area contributed by atoms with Crippen LogP contribution in [-0.4, -0.2) is 37.5 Å². The van der Waals surface area contributed by atoms with E-state index in [-0.39, 0.29) is 11.9 Å². The molecule has 1 aliphatic heterocycles. The van der Waals surface area contributed by atoms with Crippen molar-refractivity contribution in [3.8, 4) is 0 Å². The van der Waals surface area contributed by atoms with Crippen molar-refractivity contribution in [2.75, 3.05) is 11.9 Å². The van der Waals surface area contributed by atoms with Crippen molar-refractivity contribution in [3.63, 3.8) is 0 Å². The van der Waals surface area contributed by atoms with Crippen LogP contribution in [0.2, 0.25) is 0 Å². The van der Waals surface area contributed by atoms with Crippen LogP contribution in [0.25, 0.3) is 0 Å². The van der Waals surface area contributed by atoms with Gasteiger partial charge in [0.05, 0.1) is 11.7 Å². The molecule has 1 saturated heterocycles. The average molecular weight is 346 g/mol. The van der Waals surface area contributed by atoms with E-state index in [4.69, 9.17) is 0 Å². The Morgan fingerprint density at radius 2 is 2.17 bits per heavy atom. The van der Waals surface area contributed by atoms with Crippen LogP contribution >= 0.6 is 11.3 Å². The predicted molar refractivity (Wildman–Crippen MR) is 93.3 cm³/mol. The summed E-state index contributed by atoms with van der Waals surface area (Å²) in [7, 11) is 0. The van der Waals surface area contributed by atoms with Crippen LogP contribution in [0.4, 0.5) is 10.9 Å². The third kappa shape index (κ3) is 3.69. The molecule has 1 atom stereocenters. The number of anilines is 2. The van der Waals surface area contributed by atoms with E-state index in [0.717, 1.165) is 36.5 Å². The molecule has 128 valence electrons. The number of nitrogens with zero attached hydrogens (tertiary/aromatic N) is 5. The molecule has 2 aromatic rings. The monoisotopic (exact) mass is 346 g/mol. The summed E-state index contributed by atoms with van der Waals surface area (Å²) in [6.45, 7) is 6.49. The van der Waals surface area contributed by atoms with Gasteiger partial charge in [0.1, 0.15) is 16.6 Å². The number of piperidine rings is 1. The molecule has 24 heavy (non-hydrogen) atoms. The zero-order valence-electron chi connectivity index (χ0n) is 14.2. The van der Waals surface area contributed by atoms with E-state index in [9.17, 15) is 4.79 Å². The number of likely N-dealkylation sites (tertiary alicyclic amines) is 1. The van der Waals surface area contributed by atoms with Crippen molar-refractivity contribution in [3.05, 3.63) is 22.6 Å². The van der Waals surface area contributed by atoms with Gasteiger partial charge in [-0.05, 0) is 33.1 Å². The van der Waals surface area contributed by atoms with Gasteiger partial charge >= 0.3 is 0 Å². The maximum absolute atomic E-state index is 12.3. The fourth-order valence-electron chi connectivity index (χ4n) is 3.02. The Labute approximate surface area is 145 Å². The molecule has 3 heterocycles. The molecule has 8 heteroatoms. The molecule has 3 rings (SSSR count). The molecule has 0 unspecified atom stereocenters. The highest BCUT2D eigenvalue weighted by molar-refractivity contribution is 7.15. The van der Waals surface area contributed by atoms with Crippen molar-refractivity contribution in [1.29, 1.82) is 0 Å². The smallest absolute Gasteiger partial charge is 0.222 e. The summed E-state index contributed by atoms with van der Waals surface area (Å²) in [6, 6.07) is 1.96. The summed E-state index contributed by atoms with van der Waals surface area (Å²) in [6.07, 6.45) is 3.64. The first-order valence-corrected chi connectivity index (χ1v) is 9.10. The Kier molecular flexibility index (Phi) is 5.03. The molecule has 7 nitrogen and oxygen atoms in total. The maximum Gasteiger partial charge on any atom is 0.222 e. The lowest BCUT2D eigenvalue weighted by Crippen LogP contribution is -2.38. The summed E-state index contributed by atoms with van der Waals surface area (Å²) < 4.78 is 0. The van der Waals surface area contributed by atoms with Crippen LogP contribution in [0.3, 0.4) is 0 Å². The van der Waals surface area contributed by atoms with Gasteiger partial charge < -0.3 is 10.2 Å². The number of rotatable bonds is 4. The van der Waals surface area contributed by atoms with E-state index >= 15 is 0 Å². The predicted octanol–water partition coefficient (Wildman–Crippen LogP) is 3.15. The summed E-state index contributed by atoms with van der Waals surface area (Å²) in [4.78, 5) is 23.3. The lowest BCUT2D eigenvalue weighted by atomic mass is 9.98. The van der Waals surface area contributed by atoms with Crippen molar-refractivity contribution in [1.82, 2.24) is 25.1 Å². The Hall–Kier alpha value is -2.09. The minimum Gasteiger partial charge on any atom is -0.334 e. The molecule has 0 aliphatic carbocycles. The molecule has 0 aromatic carbocycles.